The number of aromatic nitrogens is 2. The lowest BCUT2D eigenvalue weighted by Crippen LogP contribution is -2.48. The van der Waals surface area contributed by atoms with E-state index in [0.29, 0.717) is 11.1 Å². The van der Waals surface area contributed by atoms with E-state index in [4.69, 9.17) is 21.3 Å². The summed E-state index contributed by atoms with van der Waals surface area (Å²) in [4.78, 5) is 11.5. The van der Waals surface area contributed by atoms with Gasteiger partial charge in [0.1, 0.15) is 16.8 Å². The molecule has 4 nitrogen and oxygen atoms in total. The first-order valence-corrected chi connectivity index (χ1v) is 7.74. The van der Waals surface area contributed by atoms with Crippen molar-refractivity contribution in [2.45, 2.75) is 51.0 Å². The van der Waals surface area contributed by atoms with Crippen molar-refractivity contribution in [3.8, 4) is 0 Å². The number of anilines is 1. The number of nitrogens with zero attached hydrogens (tertiary/aromatic N) is 3. The van der Waals surface area contributed by atoms with Crippen molar-refractivity contribution in [2.24, 2.45) is 0 Å². The zero-order chi connectivity index (χ0) is 14.3. The highest BCUT2D eigenvalue weighted by molar-refractivity contribution is 6.30. The average Bonchev–Trinajstić information content (AvgIpc) is 3.26. The van der Waals surface area contributed by atoms with Crippen LogP contribution in [0.3, 0.4) is 0 Å². The monoisotopic (exact) mass is 295 g/mol. The van der Waals surface area contributed by atoms with Crippen LogP contribution in [0.5, 0.6) is 0 Å². The number of halogens is 1. The van der Waals surface area contributed by atoms with Gasteiger partial charge in [-0.1, -0.05) is 11.6 Å². The second-order valence-electron chi connectivity index (χ2n) is 6.27. The quantitative estimate of drug-likeness (QED) is 0.802. The van der Waals surface area contributed by atoms with E-state index in [-0.39, 0.29) is 5.60 Å². The van der Waals surface area contributed by atoms with Crippen LogP contribution in [0.15, 0.2) is 0 Å². The summed E-state index contributed by atoms with van der Waals surface area (Å²) in [6.07, 6.45) is 4.58. The Morgan fingerprint density at radius 2 is 2.10 bits per heavy atom. The molecule has 1 unspecified atom stereocenters. The van der Waals surface area contributed by atoms with Gasteiger partial charge in [-0.25, -0.2) is 9.97 Å². The SMILES string of the molecule is COC1(C)CCCN(c2nc(C3CC3)nc(Cl)c2C)C1. The average molecular weight is 296 g/mol. The Labute approximate surface area is 125 Å². The normalized spacial score (nSPS) is 26.9. The van der Waals surface area contributed by atoms with Gasteiger partial charge < -0.3 is 9.64 Å². The maximum Gasteiger partial charge on any atom is 0.137 e. The van der Waals surface area contributed by atoms with E-state index in [1.165, 1.54) is 12.8 Å². The van der Waals surface area contributed by atoms with Gasteiger partial charge in [-0.15, -0.1) is 0 Å². The van der Waals surface area contributed by atoms with E-state index in [1.54, 1.807) is 7.11 Å². The van der Waals surface area contributed by atoms with Gasteiger partial charge in [0, 0.05) is 31.7 Å². The number of ether oxygens (including phenoxy) is 1. The highest BCUT2D eigenvalue weighted by Gasteiger charge is 2.34. The largest absolute Gasteiger partial charge is 0.377 e. The third-order valence-corrected chi connectivity index (χ3v) is 4.84. The number of piperidine rings is 1. The first-order valence-electron chi connectivity index (χ1n) is 7.36. The molecule has 2 fully saturated rings. The molecule has 1 saturated carbocycles. The Kier molecular flexibility index (Phi) is 3.63. The summed E-state index contributed by atoms with van der Waals surface area (Å²) < 4.78 is 5.67. The highest BCUT2D eigenvalue weighted by Crippen LogP contribution is 2.40. The Hall–Kier alpha value is -0.870. The molecule has 2 aliphatic rings. The molecule has 0 bridgehead atoms. The molecule has 3 rings (SSSR count). The third kappa shape index (κ3) is 2.63. The molecule has 110 valence electrons. The molecule has 0 N–H and O–H groups in total. The minimum atomic E-state index is -0.0954. The zero-order valence-electron chi connectivity index (χ0n) is 12.4. The van der Waals surface area contributed by atoms with Crippen LogP contribution in [0.25, 0.3) is 0 Å². The first-order chi connectivity index (χ1) is 9.52. The Morgan fingerprint density at radius 1 is 1.35 bits per heavy atom. The molecule has 5 heteroatoms. The smallest absolute Gasteiger partial charge is 0.137 e. The van der Waals surface area contributed by atoms with Crippen molar-refractivity contribution in [2.75, 3.05) is 25.1 Å². The topological polar surface area (TPSA) is 38.2 Å². The highest BCUT2D eigenvalue weighted by atomic mass is 35.5. The second-order valence-corrected chi connectivity index (χ2v) is 6.63. The van der Waals surface area contributed by atoms with Crippen molar-refractivity contribution in [3.05, 3.63) is 16.5 Å². The minimum Gasteiger partial charge on any atom is -0.377 e. The molecule has 0 amide bonds. The van der Waals surface area contributed by atoms with Crippen LogP contribution in [0.2, 0.25) is 5.15 Å². The van der Waals surface area contributed by atoms with Crippen LogP contribution in [-0.2, 0) is 4.74 Å². The van der Waals surface area contributed by atoms with Crippen molar-refractivity contribution < 1.29 is 4.74 Å². The van der Waals surface area contributed by atoms with Crippen LogP contribution in [0.4, 0.5) is 5.82 Å². The van der Waals surface area contributed by atoms with Crippen LogP contribution in [-0.4, -0.2) is 35.8 Å². The maximum atomic E-state index is 6.31. The van der Waals surface area contributed by atoms with Gasteiger partial charge in [-0.2, -0.15) is 0 Å². The summed E-state index contributed by atoms with van der Waals surface area (Å²) >= 11 is 6.31. The predicted molar refractivity (Wildman–Crippen MR) is 80.6 cm³/mol. The fourth-order valence-electron chi connectivity index (χ4n) is 2.88. The fourth-order valence-corrected chi connectivity index (χ4v) is 3.05. The molecule has 1 aromatic heterocycles. The maximum absolute atomic E-state index is 6.31. The summed E-state index contributed by atoms with van der Waals surface area (Å²) in [5, 5.41) is 0.599. The zero-order valence-corrected chi connectivity index (χ0v) is 13.2. The number of hydrogen-bond acceptors (Lipinski definition) is 4. The lowest BCUT2D eigenvalue weighted by atomic mass is 9.94. The van der Waals surface area contributed by atoms with Crippen LogP contribution < -0.4 is 4.90 Å². The first kappa shape index (κ1) is 14.1. The molecule has 0 spiro atoms. The van der Waals surface area contributed by atoms with Crippen molar-refractivity contribution in [1.29, 1.82) is 0 Å². The molecular formula is C15H22ClN3O. The van der Waals surface area contributed by atoms with Crippen molar-refractivity contribution >= 4 is 17.4 Å². The molecule has 20 heavy (non-hydrogen) atoms. The van der Waals surface area contributed by atoms with E-state index in [2.05, 4.69) is 16.8 Å². The lowest BCUT2D eigenvalue weighted by Gasteiger charge is -2.40. The van der Waals surface area contributed by atoms with E-state index in [1.807, 2.05) is 6.92 Å². The van der Waals surface area contributed by atoms with Gasteiger partial charge in [0.15, 0.2) is 0 Å². The molecular weight excluding hydrogens is 274 g/mol. The molecule has 0 radical (unpaired) electrons. The predicted octanol–water partition coefficient (Wildman–Crippen LogP) is 3.32. The van der Waals surface area contributed by atoms with Crippen molar-refractivity contribution in [1.82, 2.24) is 9.97 Å². The molecule has 1 aromatic rings. The third-order valence-electron chi connectivity index (χ3n) is 4.47. The molecule has 0 aromatic carbocycles. The Balaban J connectivity index is 1.92. The summed E-state index contributed by atoms with van der Waals surface area (Å²) in [5.74, 6) is 2.43. The molecule has 1 atom stereocenters. The van der Waals surface area contributed by atoms with E-state index in [9.17, 15) is 0 Å². The molecule has 2 heterocycles. The summed E-state index contributed by atoms with van der Waals surface area (Å²) in [7, 11) is 1.79. The van der Waals surface area contributed by atoms with Gasteiger partial charge in [0.2, 0.25) is 0 Å². The van der Waals surface area contributed by atoms with Crippen LogP contribution >= 0.6 is 11.6 Å². The molecule has 1 aliphatic carbocycles. The van der Waals surface area contributed by atoms with Gasteiger partial charge in [-0.05, 0) is 39.5 Å². The summed E-state index contributed by atoms with van der Waals surface area (Å²) in [6.45, 7) is 6.05. The lowest BCUT2D eigenvalue weighted by molar-refractivity contribution is -0.00484. The number of rotatable bonds is 3. The standard InChI is InChI=1S/C15H22ClN3O/c1-10-12(16)17-13(11-5-6-11)18-14(10)19-8-4-7-15(2,9-19)20-3/h11H,4-9H2,1-3H3. The van der Waals surface area contributed by atoms with Gasteiger partial charge in [0.25, 0.3) is 0 Å². The van der Waals surface area contributed by atoms with Crippen molar-refractivity contribution in [3.63, 3.8) is 0 Å². The Morgan fingerprint density at radius 3 is 2.75 bits per heavy atom. The number of hydrogen-bond donors (Lipinski definition) is 0. The molecule has 1 saturated heterocycles. The van der Waals surface area contributed by atoms with Crippen LogP contribution in [0, 0.1) is 6.92 Å². The van der Waals surface area contributed by atoms with E-state index >= 15 is 0 Å². The van der Waals surface area contributed by atoms with E-state index < -0.39 is 0 Å². The van der Waals surface area contributed by atoms with Gasteiger partial charge in [0.05, 0.1) is 5.60 Å². The fraction of sp³-hybridized carbons (Fsp3) is 0.733. The minimum absolute atomic E-state index is 0.0954. The summed E-state index contributed by atoms with van der Waals surface area (Å²) in [6, 6.07) is 0. The van der Waals surface area contributed by atoms with Gasteiger partial charge >= 0.3 is 0 Å². The van der Waals surface area contributed by atoms with Gasteiger partial charge in [-0.3, -0.25) is 0 Å². The summed E-state index contributed by atoms with van der Waals surface area (Å²) in [5.41, 5.74) is 0.887. The number of methoxy groups -OCH3 is 1. The molecule has 1 aliphatic heterocycles. The van der Waals surface area contributed by atoms with E-state index in [0.717, 1.165) is 43.1 Å². The van der Waals surface area contributed by atoms with Crippen LogP contribution in [0.1, 0.15) is 49.9 Å². The second kappa shape index (κ2) is 5.15. The Bertz CT molecular complexity index is 518.